The molecule has 0 aliphatic carbocycles. The zero-order valence-electron chi connectivity index (χ0n) is 12.3. The normalized spacial score (nSPS) is 28.3. The standard InChI is InChI=1S/C13H25N3.C2H6/c1-5-14-6-2-12(1)9-16-10-13(11-16)3-7-15-8-4-13;1-2/h12,14-15H,1-11H2;1-2H3. The SMILES string of the molecule is C1CC(CN2CC3(CCNCC3)C2)CCN1.CC. The Kier molecular flexibility index (Phi) is 5.46. The van der Waals surface area contributed by atoms with Crippen LogP contribution in [0.2, 0.25) is 0 Å². The van der Waals surface area contributed by atoms with Gasteiger partial charge in [0.2, 0.25) is 0 Å². The largest absolute Gasteiger partial charge is 0.317 e. The first-order valence-corrected chi connectivity index (χ1v) is 8.00. The van der Waals surface area contributed by atoms with Crippen molar-refractivity contribution in [2.45, 2.75) is 39.5 Å². The highest BCUT2D eigenvalue weighted by atomic mass is 15.2. The number of piperidine rings is 2. The molecule has 106 valence electrons. The molecule has 18 heavy (non-hydrogen) atoms. The van der Waals surface area contributed by atoms with E-state index in [0.29, 0.717) is 0 Å². The molecule has 0 aromatic heterocycles. The Morgan fingerprint density at radius 3 is 2.11 bits per heavy atom. The Labute approximate surface area is 113 Å². The van der Waals surface area contributed by atoms with Crippen LogP contribution in [0.1, 0.15) is 39.5 Å². The minimum Gasteiger partial charge on any atom is -0.317 e. The Morgan fingerprint density at radius 2 is 1.50 bits per heavy atom. The fourth-order valence-corrected chi connectivity index (χ4v) is 3.73. The summed E-state index contributed by atoms with van der Waals surface area (Å²) >= 11 is 0. The summed E-state index contributed by atoms with van der Waals surface area (Å²) < 4.78 is 0. The van der Waals surface area contributed by atoms with E-state index in [1.54, 1.807) is 0 Å². The summed E-state index contributed by atoms with van der Waals surface area (Å²) in [6.07, 6.45) is 5.61. The van der Waals surface area contributed by atoms with Gasteiger partial charge in [-0.2, -0.15) is 0 Å². The maximum absolute atomic E-state index is 3.48. The number of nitrogens with zero attached hydrogens (tertiary/aromatic N) is 1. The molecule has 0 amide bonds. The molecule has 0 atom stereocenters. The summed E-state index contributed by atoms with van der Waals surface area (Å²) in [4.78, 5) is 2.71. The van der Waals surface area contributed by atoms with E-state index in [-0.39, 0.29) is 0 Å². The van der Waals surface area contributed by atoms with Gasteiger partial charge < -0.3 is 15.5 Å². The minimum absolute atomic E-state index is 0.720. The molecule has 2 N–H and O–H groups in total. The van der Waals surface area contributed by atoms with Gasteiger partial charge in [-0.25, -0.2) is 0 Å². The zero-order valence-corrected chi connectivity index (χ0v) is 12.3. The lowest BCUT2D eigenvalue weighted by atomic mass is 9.72. The molecule has 0 radical (unpaired) electrons. The lowest BCUT2D eigenvalue weighted by Crippen LogP contribution is -2.60. The van der Waals surface area contributed by atoms with Crippen molar-refractivity contribution < 1.29 is 0 Å². The molecular formula is C15H31N3. The lowest BCUT2D eigenvalue weighted by molar-refractivity contribution is -0.0336. The third kappa shape index (κ3) is 3.46. The van der Waals surface area contributed by atoms with Gasteiger partial charge in [0.05, 0.1) is 0 Å². The Hall–Kier alpha value is -0.120. The second-order valence-electron chi connectivity index (χ2n) is 6.11. The van der Waals surface area contributed by atoms with Crippen molar-refractivity contribution >= 4 is 0 Å². The van der Waals surface area contributed by atoms with Gasteiger partial charge in [-0.15, -0.1) is 0 Å². The van der Waals surface area contributed by atoms with Gasteiger partial charge >= 0.3 is 0 Å². The van der Waals surface area contributed by atoms with Crippen LogP contribution in [0, 0.1) is 11.3 Å². The van der Waals surface area contributed by atoms with Crippen LogP contribution >= 0.6 is 0 Å². The van der Waals surface area contributed by atoms with Crippen LogP contribution in [-0.4, -0.2) is 50.7 Å². The second-order valence-corrected chi connectivity index (χ2v) is 6.11. The summed E-state index contributed by atoms with van der Waals surface area (Å²) in [6, 6.07) is 0. The quantitative estimate of drug-likeness (QED) is 0.784. The fourth-order valence-electron chi connectivity index (χ4n) is 3.73. The highest BCUT2D eigenvalue weighted by Crippen LogP contribution is 2.39. The second kappa shape index (κ2) is 6.88. The van der Waals surface area contributed by atoms with Crippen LogP contribution in [-0.2, 0) is 0 Å². The molecule has 0 aromatic rings. The van der Waals surface area contributed by atoms with Crippen LogP contribution in [0.15, 0.2) is 0 Å². The van der Waals surface area contributed by atoms with Crippen molar-refractivity contribution in [3.63, 3.8) is 0 Å². The predicted molar refractivity (Wildman–Crippen MR) is 77.9 cm³/mol. The monoisotopic (exact) mass is 253 g/mol. The molecule has 1 spiro atoms. The molecule has 3 aliphatic rings. The molecule has 3 rings (SSSR count). The van der Waals surface area contributed by atoms with Gasteiger partial charge in [-0.05, 0) is 63.2 Å². The van der Waals surface area contributed by atoms with Crippen LogP contribution in [0.5, 0.6) is 0 Å². The average molecular weight is 253 g/mol. The van der Waals surface area contributed by atoms with E-state index in [2.05, 4.69) is 15.5 Å². The van der Waals surface area contributed by atoms with Crippen molar-refractivity contribution in [2.75, 3.05) is 45.8 Å². The highest BCUT2D eigenvalue weighted by Gasteiger charge is 2.43. The van der Waals surface area contributed by atoms with Gasteiger partial charge in [0, 0.05) is 19.6 Å². The Bertz CT molecular complexity index is 219. The topological polar surface area (TPSA) is 27.3 Å². The molecule has 3 heteroatoms. The van der Waals surface area contributed by atoms with E-state index < -0.39 is 0 Å². The number of rotatable bonds is 2. The maximum Gasteiger partial charge on any atom is 0.00515 e. The third-order valence-corrected chi connectivity index (χ3v) is 4.76. The van der Waals surface area contributed by atoms with Gasteiger partial charge in [0.15, 0.2) is 0 Å². The summed E-state index contributed by atoms with van der Waals surface area (Å²) in [7, 11) is 0. The zero-order chi connectivity index (χ0) is 12.8. The smallest absolute Gasteiger partial charge is 0.00515 e. The minimum atomic E-state index is 0.720. The Morgan fingerprint density at radius 1 is 0.944 bits per heavy atom. The Balaban J connectivity index is 0.000000574. The van der Waals surface area contributed by atoms with Gasteiger partial charge in [-0.1, -0.05) is 13.8 Å². The van der Waals surface area contributed by atoms with Gasteiger partial charge in [0.1, 0.15) is 0 Å². The first kappa shape index (κ1) is 14.3. The van der Waals surface area contributed by atoms with Crippen LogP contribution in [0.3, 0.4) is 0 Å². The van der Waals surface area contributed by atoms with Crippen LogP contribution in [0.4, 0.5) is 0 Å². The van der Waals surface area contributed by atoms with Crippen molar-refractivity contribution in [1.82, 2.24) is 15.5 Å². The average Bonchev–Trinajstić information content (AvgIpc) is 2.42. The van der Waals surface area contributed by atoms with E-state index in [9.17, 15) is 0 Å². The summed E-state index contributed by atoms with van der Waals surface area (Å²) in [6.45, 7) is 13.1. The van der Waals surface area contributed by atoms with Crippen LogP contribution < -0.4 is 10.6 Å². The third-order valence-electron chi connectivity index (χ3n) is 4.76. The molecular weight excluding hydrogens is 222 g/mol. The fraction of sp³-hybridized carbons (Fsp3) is 1.00. The molecule has 3 saturated heterocycles. The van der Waals surface area contributed by atoms with E-state index in [0.717, 1.165) is 11.3 Å². The maximum atomic E-state index is 3.48. The molecule has 3 aliphatic heterocycles. The molecule has 3 heterocycles. The highest BCUT2D eigenvalue weighted by molar-refractivity contribution is 4.98. The first-order valence-electron chi connectivity index (χ1n) is 8.00. The molecule has 0 unspecified atom stereocenters. The predicted octanol–water partition coefficient (Wildman–Crippen LogP) is 1.70. The number of hydrogen-bond donors (Lipinski definition) is 2. The van der Waals surface area contributed by atoms with E-state index >= 15 is 0 Å². The number of nitrogens with one attached hydrogen (secondary N) is 2. The molecule has 0 bridgehead atoms. The number of hydrogen-bond acceptors (Lipinski definition) is 3. The summed E-state index contributed by atoms with van der Waals surface area (Å²) in [5.74, 6) is 0.973. The first-order chi connectivity index (χ1) is 8.86. The summed E-state index contributed by atoms with van der Waals surface area (Å²) in [5.41, 5.74) is 0.720. The van der Waals surface area contributed by atoms with Crippen LogP contribution in [0.25, 0.3) is 0 Å². The molecule has 0 aromatic carbocycles. The van der Waals surface area contributed by atoms with E-state index in [1.807, 2.05) is 13.8 Å². The van der Waals surface area contributed by atoms with Gasteiger partial charge in [-0.3, -0.25) is 0 Å². The number of likely N-dealkylation sites (tertiary alicyclic amines) is 1. The molecule has 3 nitrogen and oxygen atoms in total. The van der Waals surface area contributed by atoms with Gasteiger partial charge in [0.25, 0.3) is 0 Å². The van der Waals surface area contributed by atoms with Crippen molar-refractivity contribution in [2.24, 2.45) is 11.3 Å². The van der Waals surface area contributed by atoms with Crippen molar-refractivity contribution in [3.05, 3.63) is 0 Å². The van der Waals surface area contributed by atoms with Crippen molar-refractivity contribution in [1.29, 1.82) is 0 Å². The van der Waals surface area contributed by atoms with E-state index in [1.165, 1.54) is 71.5 Å². The molecule has 3 fully saturated rings. The van der Waals surface area contributed by atoms with Crippen molar-refractivity contribution in [3.8, 4) is 0 Å². The summed E-state index contributed by atoms with van der Waals surface area (Å²) in [5, 5.41) is 6.93. The lowest BCUT2D eigenvalue weighted by Gasteiger charge is -2.53. The van der Waals surface area contributed by atoms with E-state index in [4.69, 9.17) is 0 Å². The molecule has 0 saturated carbocycles.